The van der Waals surface area contributed by atoms with E-state index in [9.17, 15) is 0 Å². The van der Waals surface area contributed by atoms with Crippen LogP contribution in [0.3, 0.4) is 0 Å². The molecule has 2 aliphatic rings. The highest BCUT2D eigenvalue weighted by Crippen LogP contribution is 2.24. The smallest absolute Gasteiger partial charge is 0.228 e. The Bertz CT molecular complexity index is 1410. The molecule has 2 saturated heterocycles. The second-order valence-electron chi connectivity index (χ2n) is 9.82. The Morgan fingerprint density at radius 1 is 1.05 bits per heavy atom. The van der Waals surface area contributed by atoms with Crippen LogP contribution in [0.4, 0.5) is 17.5 Å². The summed E-state index contributed by atoms with van der Waals surface area (Å²) in [5.41, 5.74) is 3.84. The molecule has 1 aromatic carbocycles. The van der Waals surface area contributed by atoms with Crippen molar-refractivity contribution in [2.24, 2.45) is 7.05 Å². The zero-order valence-electron chi connectivity index (χ0n) is 22.7. The Kier molecular flexibility index (Phi) is 8.93. The van der Waals surface area contributed by atoms with Crippen LogP contribution in [0.2, 0.25) is 5.02 Å². The average molecular weight is 550 g/mol. The fourth-order valence-corrected chi connectivity index (χ4v) is 4.81. The number of halogens is 1. The molecular weight excluding hydrogens is 514 g/mol. The summed E-state index contributed by atoms with van der Waals surface area (Å²) >= 11 is 6.08. The first-order valence-corrected chi connectivity index (χ1v) is 13.8. The third-order valence-corrected chi connectivity index (χ3v) is 7.33. The minimum absolute atomic E-state index is 0.663. The van der Waals surface area contributed by atoms with Gasteiger partial charge in [0.15, 0.2) is 0 Å². The first kappa shape index (κ1) is 27.3. The molecule has 2 aromatic heterocycles. The van der Waals surface area contributed by atoms with Gasteiger partial charge in [0.2, 0.25) is 5.95 Å². The molecule has 0 spiro atoms. The van der Waals surface area contributed by atoms with Gasteiger partial charge in [0.1, 0.15) is 5.82 Å². The van der Waals surface area contributed by atoms with E-state index in [1.165, 1.54) is 0 Å². The van der Waals surface area contributed by atoms with Gasteiger partial charge in [0, 0.05) is 68.2 Å². The summed E-state index contributed by atoms with van der Waals surface area (Å²) in [4.78, 5) is 14.3. The minimum Gasteiger partial charge on any atom is -0.379 e. The van der Waals surface area contributed by atoms with Crippen molar-refractivity contribution >= 4 is 47.3 Å². The summed E-state index contributed by atoms with van der Waals surface area (Å²) in [6, 6.07) is 9.56. The number of anilines is 3. The summed E-state index contributed by atoms with van der Waals surface area (Å²) in [5.74, 6) is 1.41. The first-order valence-electron chi connectivity index (χ1n) is 13.4. The Morgan fingerprint density at radius 2 is 1.74 bits per heavy atom. The van der Waals surface area contributed by atoms with E-state index in [1.807, 2.05) is 42.1 Å². The summed E-state index contributed by atoms with van der Waals surface area (Å²) in [7, 11) is 1.95. The lowest BCUT2D eigenvalue weighted by Gasteiger charge is -2.27. The van der Waals surface area contributed by atoms with Crippen LogP contribution in [0, 0.1) is 0 Å². The third-order valence-electron chi connectivity index (χ3n) is 7.08. The van der Waals surface area contributed by atoms with Gasteiger partial charge in [-0.05, 0) is 36.8 Å². The minimum atomic E-state index is 0.663. The number of allylic oxidation sites excluding steroid dienone is 2. The number of aromatic nitrogens is 4. The van der Waals surface area contributed by atoms with Gasteiger partial charge in [-0.15, -0.1) is 0 Å². The van der Waals surface area contributed by atoms with Gasteiger partial charge in [-0.2, -0.15) is 10.1 Å². The predicted molar refractivity (Wildman–Crippen MR) is 157 cm³/mol. The number of aryl methyl sites for hydroxylation is 1. The number of rotatable bonds is 8. The predicted octanol–water partition coefficient (Wildman–Crippen LogP) is 2.61. The maximum atomic E-state index is 6.08. The monoisotopic (exact) mass is 549 g/mol. The van der Waals surface area contributed by atoms with Crippen LogP contribution >= 0.6 is 11.6 Å². The van der Waals surface area contributed by atoms with Crippen LogP contribution in [0.15, 0.2) is 36.4 Å². The fourth-order valence-electron chi connectivity index (χ4n) is 4.68. The molecule has 0 unspecified atom stereocenters. The summed E-state index contributed by atoms with van der Waals surface area (Å²) in [5, 5.41) is 10.8. The van der Waals surface area contributed by atoms with Crippen molar-refractivity contribution in [1.82, 2.24) is 24.6 Å². The Labute approximate surface area is 234 Å². The molecule has 5 rings (SSSR count). The molecule has 10 heteroatoms. The Hall–Kier alpha value is -3.24. The van der Waals surface area contributed by atoms with Crippen molar-refractivity contribution < 1.29 is 9.47 Å². The van der Waals surface area contributed by atoms with Crippen molar-refractivity contribution in [2.45, 2.75) is 13.3 Å². The molecule has 0 bridgehead atoms. The van der Waals surface area contributed by atoms with Crippen LogP contribution in [-0.2, 0) is 22.9 Å². The molecule has 0 atom stereocenters. The maximum Gasteiger partial charge on any atom is 0.228 e. The van der Waals surface area contributed by atoms with Gasteiger partial charge in [-0.3, -0.25) is 9.58 Å². The summed E-state index contributed by atoms with van der Waals surface area (Å²) in [6.07, 6.45) is 5.08. The lowest BCUT2D eigenvalue weighted by atomic mass is 10.1. The van der Waals surface area contributed by atoms with Crippen LogP contribution in [0.25, 0.3) is 18.2 Å². The zero-order valence-corrected chi connectivity index (χ0v) is 23.5. The molecule has 0 radical (unpaired) electrons. The average Bonchev–Trinajstić information content (AvgIpc) is 3.24. The number of ether oxygens (including phenoxy) is 2. The molecule has 39 heavy (non-hydrogen) atoms. The molecule has 206 valence electrons. The first-order chi connectivity index (χ1) is 19.0. The fraction of sp³-hybridized carbons (Fsp3) is 0.414. The van der Waals surface area contributed by atoms with Crippen LogP contribution in [0.1, 0.15) is 18.3 Å². The van der Waals surface area contributed by atoms with E-state index >= 15 is 0 Å². The highest BCUT2D eigenvalue weighted by molar-refractivity contribution is 6.30. The lowest BCUT2D eigenvalue weighted by Crippen LogP contribution is -2.38. The number of morpholine rings is 2. The largest absolute Gasteiger partial charge is 0.379 e. The van der Waals surface area contributed by atoms with E-state index in [2.05, 4.69) is 40.8 Å². The molecule has 4 heterocycles. The van der Waals surface area contributed by atoms with Crippen molar-refractivity contribution in [3.8, 4) is 0 Å². The number of benzene rings is 1. The normalized spacial score (nSPS) is 17.6. The van der Waals surface area contributed by atoms with E-state index < -0.39 is 0 Å². The van der Waals surface area contributed by atoms with E-state index in [1.54, 1.807) is 0 Å². The van der Waals surface area contributed by atoms with Crippen molar-refractivity contribution in [1.29, 1.82) is 0 Å². The molecule has 0 amide bonds. The molecular formula is C29H36ClN7O2. The molecule has 1 N–H and O–H groups in total. The van der Waals surface area contributed by atoms with Crippen LogP contribution in [-0.4, -0.2) is 83.8 Å². The van der Waals surface area contributed by atoms with Crippen molar-refractivity contribution in [3.05, 3.63) is 63.4 Å². The van der Waals surface area contributed by atoms with E-state index in [-0.39, 0.29) is 0 Å². The molecule has 2 fully saturated rings. The topological polar surface area (TPSA) is 80.6 Å². The molecule has 2 aliphatic heterocycles. The third kappa shape index (κ3) is 7.05. The highest BCUT2D eigenvalue weighted by Gasteiger charge is 2.17. The Morgan fingerprint density at radius 3 is 2.46 bits per heavy atom. The van der Waals surface area contributed by atoms with Crippen molar-refractivity contribution in [2.75, 3.05) is 69.4 Å². The van der Waals surface area contributed by atoms with Crippen LogP contribution in [0.5, 0.6) is 0 Å². The van der Waals surface area contributed by atoms with Gasteiger partial charge in [-0.1, -0.05) is 30.3 Å². The SMILES string of the molecule is C=c1/c(=C\C=C(/C)c2cc(Nc3ccc(Cl)cc3)nc(N3CCOCC3)n2)c(CCN2CCOCC2)nn1C. The number of hydrogen-bond acceptors (Lipinski definition) is 8. The molecule has 3 aromatic rings. The van der Waals surface area contributed by atoms with E-state index in [0.29, 0.717) is 24.2 Å². The number of hydrogen-bond donors (Lipinski definition) is 1. The number of nitrogens with one attached hydrogen (secondary N) is 1. The number of nitrogens with zero attached hydrogens (tertiary/aromatic N) is 6. The van der Waals surface area contributed by atoms with E-state index in [4.69, 9.17) is 36.1 Å². The quantitative estimate of drug-likeness (QED) is 0.459. The molecule has 0 saturated carbocycles. The van der Waals surface area contributed by atoms with Gasteiger partial charge in [-0.25, -0.2) is 4.98 Å². The zero-order chi connectivity index (χ0) is 27.2. The molecule has 9 nitrogen and oxygen atoms in total. The van der Waals surface area contributed by atoms with Crippen molar-refractivity contribution in [3.63, 3.8) is 0 Å². The van der Waals surface area contributed by atoms with Gasteiger partial charge < -0.3 is 19.7 Å². The Balaban J connectivity index is 1.44. The summed E-state index contributed by atoms with van der Waals surface area (Å²) < 4.78 is 12.9. The van der Waals surface area contributed by atoms with Gasteiger partial charge in [0.05, 0.1) is 43.2 Å². The highest BCUT2D eigenvalue weighted by atomic mass is 35.5. The second kappa shape index (κ2) is 12.7. The molecule has 0 aliphatic carbocycles. The second-order valence-corrected chi connectivity index (χ2v) is 10.3. The van der Waals surface area contributed by atoms with Gasteiger partial charge in [0.25, 0.3) is 0 Å². The standard InChI is InChI=1S/C29H36ClN7O2/c1-21(4-9-25-22(2)35(3)34-26(25)10-11-36-12-16-38-17-13-36)27-20-28(31-24-7-5-23(30)6-8-24)33-29(32-27)37-14-18-39-19-15-37/h4-9,20H,2,10-19H2,1,3H3,(H,31,32,33)/b21-4+,25-9+. The van der Waals surface area contributed by atoms with E-state index in [0.717, 1.165) is 91.4 Å². The summed E-state index contributed by atoms with van der Waals surface area (Å²) in [6.45, 7) is 13.7. The maximum absolute atomic E-state index is 6.08. The van der Waals surface area contributed by atoms with Gasteiger partial charge >= 0.3 is 0 Å². The van der Waals surface area contributed by atoms with Crippen LogP contribution < -0.4 is 20.8 Å². The lowest BCUT2D eigenvalue weighted by molar-refractivity contribution is 0.0383.